The molecule has 6 nitrogen and oxygen atoms in total. The van der Waals surface area contributed by atoms with Crippen molar-refractivity contribution in [2.24, 2.45) is 0 Å². The molecule has 0 aliphatic heterocycles. The lowest BCUT2D eigenvalue weighted by atomic mass is 10.1. The molecule has 0 unspecified atom stereocenters. The van der Waals surface area contributed by atoms with Gasteiger partial charge in [0.05, 0.1) is 5.54 Å². The Balaban J connectivity index is 1.89. The molecule has 2 aromatic heterocycles. The van der Waals surface area contributed by atoms with Crippen molar-refractivity contribution in [3.8, 4) is 0 Å². The van der Waals surface area contributed by atoms with Gasteiger partial charge in [-0.05, 0) is 51.1 Å². The number of rotatable bonds is 4. The van der Waals surface area contributed by atoms with Crippen LogP contribution in [0.4, 0.5) is 0 Å². The normalized spacial score (nSPS) is 15.6. The molecule has 3 rings (SSSR count). The number of nitrogens with zero attached hydrogens (tertiary/aromatic N) is 2. The summed E-state index contributed by atoms with van der Waals surface area (Å²) in [5.41, 5.74) is 0.876. The first-order valence-corrected chi connectivity index (χ1v) is 9.76. The number of hydrogen-bond donors (Lipinski definition) is 1. The molecule has 1 N–H and O–H groups in total. The average molecular weight is 353 g/mol. The number of amides is 1. The van der Waals surface area contributed by atoms with Crippen LogP contribution in [0, 0.1) is 0 Å². The first-order chi connectivity index (χ1) is 10.7. The van der Waals surface area contributed by atoms with E-state index in [1.165, 1.54) is 6.07 Å². The Morgan fingerprint density at radius 2 is 2.09 bits per heavy atom. The number of hydrogen-bond acceptors (Lipinski definition) is 5. The Kier molecular flexibility index (Phi) is 3.84. The molecule has 2 aromatic rings. The molecule has 1 fully saturated rings. The fourth-order valence-electron chi connectivity index (χ4n) is 2.35. The molecule has 0 atom stereocenters. The van der Waals surface area contributed by atoms with E-state index in [4.69, 9.17) is 0 Å². The molecule has 1 aliphatic carbocycles. The quantitative estimate of drug-likeness (QED) is 0.916. The van der Waals surface area contributed by atoms with Gasteiger partial charge >= 0.3 is 0 Å². The van der Waals surface area contributed by atoms with Crippen LogP contribution in [0.5, 0.6) is 0 Å². The summed E-state index contributed by atoms with van der Waals surface area (Å²) in [6, 6.07) is 4.80. The van der Waals surface area contributed by atoms with Gasteiger partial charge in [-0.3, -0.25) is 9.48 Å². The van der Waals surface area contributed by atoms with Crippen LogP contribution in [0.3, 0.4) is 0 Å². The third-order valence-corrected chi connectivity index (χ3v) is 6.32. The Bertz CT molecular complexity index is 826. The van der Waals surface area contributed by atoms with Crippen LogP contribution < -0.4 is 4.72 Å². The highest BCUT2D eigenvalue weighted by Gasteiger charge is 2.33. The lowest BCUT2D eigenvalue weighted by Gasteiger charge is -2.22. The molecule has 8 heteroatoms. The molecule has 124 valence electrons. The van der Waals surface area contributed by atoms with Crippen LogP contribution in [0.1, 0.15) is 55.7 Å². The lowest BCUT2D eigenvalue weighted by molar-refractivity contribution is 0.0975. The molecule has 0 spiro atoms. The molecule has 23 heavy (non-hydrogen) atoms. The van der Waals surface area contributed by atoms with E-state index < -0.39 is 15.9 Å². The molecular formula is C15H19N3O3S2. The molecule has 1 saturated carbocycles. The van der Waals surface area contributed by atoms with Gasteiger partial charge in [-0.1, -0.05) is 6.07 Å². The molecule has 2 heterocycles. The minimum atomic E-state index is -3.84. The van der Waals surface area contributed by atoms with Crippen molar-refractivity contribution < 1.29 is 13.2 Å². The number of sulfonamides is 1. The predicted molar refractivity (Wildman–Crippen MR) is 88.2 cm³/mol. The summed E-state index contributed by atoms with van der Waals surface area (Å²) in [6.07, 6.45) is 2.16. The minimum absolute atomic E-state index is 0.114. The third-order valence-electron chi connectivity index (χ3n) is 3.59. The molecule has 1 amide bonds. The Labute approximate surface area is 139 Å². The summed E-state index contributed by atoms with van der Waals surface area (Å²) in [7, 11) is -3.84. The van der Waals surface area contributed by atoms with Crippen molar-refractivity contribution in [2.45, 2.75) is 49.3 Å². The van der Waals surface area contributed by atoms with Crippen LogP contribution in [-0.4, -0.2) is 24.1 Å². The number of aromatic nitrogens is 2. The van der Waals surface area contributed by atoms with Crippen molar-refractivity contribution in [3.05, 3.63) is 35.0 Å². The van der Waals surface area contributed by atoms with E-state index >= 15 is 0 Å². The van der Waals surface area contributed by atoms with Crippen molar-refractivity contribution in [3.63, 3.8) is 0 Å². The molecule has 0 aromatic carbocycles. The molecular weight excluding hydrogens is 334 g/mol. The van der Waals surface area contributed by atoms with Crippen molar-refractivity contribution in [1.29, 1.82) is 0 Å². The standard InChI is InChI=1S/C15H19N3O3S2/c1-15(2,3)18-12(10-6-7-10)9-11(16-18)14(19)17-23(20,21)13-5-4-8-22-13/h4-5,8-10H,6-7H2,1-3H3,(H,17,19). The second-order valence-corrected chi connectivity index (χ2v) is 9.53. The van der Waals surface area contributed by atoms with E-state index in [0.717, 1.165) is 29.9 Å². The number of thiophene rings is 1. The molecule has 0 radical (unpaired) electrons. The number of carbonyl (C=O) groups excluding carboxylic acids is 1. The van der Waals surface area contributed by atoms with Gasteiger partial charge < -0.3 is 0 Å². The first kappa shape index (κ1) is 16.2. The van der Waals surface area contributed by atoms with Crippen LogP contribution >= 0.6 is 11.3 Å². The smallest absolute Gasteiger partial charge is 0.266 e. The summed E-state index contributed by atoms with van der Waals surface area (Å²) < 4.78 is 28.4. The lowest BCUT2D eigenvalue weighted by Crippen LogP contribution is -2.31. The zero-order valence-corrected chi connectivity index (χ0v) is 14.9. The predicted octanol–water partition coefficient (Wildman–Crippen LogP) is 2.70. The zero-order chi connectivity index (χ0) is 16.8. The highest BCUT2D eigenvalue weighted by Crippen LogP contribution is 2.41. The third kappa shape index (κ3) is 3.32. The largest absolute Gasteiger partial charge is 0.285 e. The summed E-state index contributed by atoms with van der Waals surface area (Å²) in [5, 5.41) is 6.00. The summed E-state index contributed by atoms with van der Waals surface area (Å²) in [4.78, 5) is 12.3. The average Bonchev–Trinajstić information content (AvgIpc) is 2.97. The molecule has 0 saturated heterocycles. The highest BCUT2D eigenvalue weighted by molar-refractivity contribution is 7.92. The Morgan fingerprint density at radius 1 is 1.39 bits per heavy atom. The van der Waals surface area contributed by atoms with Gasteiger partial charge in [0.2, 0.25) is 0 Å². The number of nitrogens with one attached hydrogen (secondary N) is 1. The Morgan fingerprint density at radius 3 is 2.61 bits per heavy atom. The van der Waals surface area contributed by atoms with Crippen LogP contribution in [-0.2, 0) is 15.6 Å². The van der Waals surface area contributed by atoms with E-state index in [1.54, 1.807) is 17.5 Å². The van der Waals surface area contributed by atoms with Gasteiger partial charge in [0.1, 0.15) is 4.21 Å². The zero-order valence-electron chi connectivity index (χ0n) is 13.2. The van der Waals surface area contributed by atoms with Crippen LogP contribution in [0.25, 0.3) is 0 Å². The summed E-state index contributed by atoms with van der Waals surface area (Å²) >= 11 is 1.07. The summed E-state index contributed by atoms with van der Waals surface area (Å²) in [5.74, 6) is -0.277. The van der Waals surface area contributed by atoms with Crippen molar-refractivity contribution >= 4 is 27.3 Å². The van der Waals surface area contributed by atoms with Crippen molar-refractivity contribution in [2.75, 3.05) is 0 Å². The van der Waals surface area contributed by atoms with E-state index in [9.17, 15) is 13.2 Å². The molecule has 1 aliphatic rings. The van der Waals surface area contributed by atoms with Crippen molar-refractivity contribution in [1.82, 2.24) is 14.5 Å². The van der Waals surface area contributed by atoms with Gasteiger partial charge in [0.15, 0.2) is 5.69 Å². The topological polar surface area (TPSA) is 81.1 Å². The van der Waals surface area contributed by atoms with Gasteiger partial charge in [-0.2, -0.15) is 5.10 Å². The van der Waals surface area contributed by atoms with E-state index in [0.29, 0.717) is 5.92 Å². The second-order valence-electron chi connectivity index (χ2n) is 6.68. The number of carbonyl (C=O) groups is 1. The van der Waals surface area contributed by atoms with E-state index in [1.807, 2.05) is 25.5 Å². The SMILES string of the molecule is CC(C)(C)n1nc(C(=O)NS(=O)(=O)c2cccs2)cc1C1CC1. The van der Waals surface area contributed by atoms with Crippen LogP contribution in [0.15, 0.2) is 27.8 Å². The van der Waals surface area contributed by atoms with Gasteiger partial charge in [-0.25, -0.2) is 13.1 Å². The van der Waals surface area contributed by atoms with Crippen LogP contribution in [0.2, 0.25) is 0 Å². The molecule has 0 bridgehead atoms. The fourth-order valence-corrected chi connectivity index (χ4v) is 4.31. The van der Waals surface area contributed by atoms with Gasteiger partial charge in [0.25, 0.3) is 15.9 Å². The van der Waals surface area contributed by atoms with Gasteiger partial charge in [-0.15, -0.1) is 11.3 Å². The van der Waals surface area contributed by atoms with E-state index in [-0.39, 0.29) is 15.4 Å². The highest BCUT2D eigenvalue weighted by atomic mass is 32.2. The maximum Gasteiger partial charge on any atom is 0.285 e. The monoisotopic (exact) mass is 353 g/mol. The summed E-state index contributed by atoms with van der Waals surface area (Å²) in [6.45, 7) is 6.03. The minimum Gasteiger partial charge on any atom is -0.266 e. The second kappa shape index (κ2) is 5.45. The Hall–Kier alpha value is -1.67. The van der Waals surface area contributed by atoms with E-state index in [2.05, 4.69) is 9.82 Å². The maximum atomic E-state index is 12.3. The fraction of sp³-hybridized carbons (Fsp3) is 0.467. The maximum absolute atomic E-state index is 12.3. The first-order valence-electron chi connectivity index (χ1n) is 7.39. The van der Waals surface area contributed by atoms with Gasteiger partial charge in [0, 0.05) is 11.6 Å².